The Morgan fingerprint density at radius 1 is 1.21 bits per heavy atom. The van der Waals surface area contributed by atoms with Crippen molar-refractivity contribution < 1.29 is 22.7 Å². The number of hydrogen-bond donors (Lipinski definition) is 2. The van der Waals surface area contributed by atoms with Gasteiger partial charge in [0.25, 0.3) is 5.91 Å². The third-order valence-corrected chi connectivity index (χ3v) is 3.23. The van der Waals surface area contributed by atoms with Crippen molar-refractivity contribution in [2.45, 2.75) is 6.18 Å². The second-order valence-corrected chi connectivity index (χ2v) is 4.99. The van der Waals surface area contributed by atoms with Crippen molar-refractivity contribution in [3.63, 3.8) is 0 Å². The molecule has 3 aromatic rings. The maximum atomic E-state index is 12.2. The molecular formula is C16H12F3N3O2. The maximum absolute atomic E-state index is 12.2. The molecule has 0 saturated heterocycles. The molecule has 0 spiro atoms. The Balaban J connectivity index is 1.70. The minimum atomic E-state index is -4.44. The van der Waals surface area contributed by atoms with Gasteiger partial charge in [0.05, 0.1) is 11.3 Å². The van der Waals surface area contributed by atoms with Gasteiger partial charge in [-0.25, -0.2) is 4.98 Å². The first-order valence-electron chi connectivity index (χ1n) is 6.95. The summed E-state index contributed by atoms with van der Waals surface area (Å²) in [7, 11) is 0. The highest BCUT2D eigenvalue weighted by Gasteiger charge is 2.28. The van der Waals surface area contributed by atoms with Crippen LogP contribution in [-0.2, 0) is 0 Å². The van der Waals surface area contributed by atoms with Crippen LogP contribution in [0.15, 0.2) is 48.8 Å². The number of anilines is 1. The molecule has 0 saturated carbocycles. The fourth-order valence-electron chi connectivity index (χ4n) is 2.14. The molecule has 2 N–H and O–H groups in total. The summed E-state index contributed by atoms with van der Waals surface area (Å²) in [5.74, 6) is -0.616. The largest absolute Gasteiger partial charge is 0.468 e. The van der Waals surface area contributed by atoms with E-state index < -0.39 is 18.7 Å². The summed E-state index contributed by atoms with van der Waals surface area (Å²) >= 11 is 0. The molecule has 1 aromatic carbocycles. The molecule has 124 valence electrons. The molecule has 0 atom stereocenters. The second-order valence-electron chi connectivity index (χ2n) is 4.99. The van der Waals surface area contributed by atoms with Gasteiger partial charge in [-0.15, -0.1) is 0 Å². The van der Waals surface area contributed by atoms with Crippen LogP contribution < -0.4 is 10.1 Å². The van der Waals surface area contributed by atoms with Gasteiger partial charge in [-0.3, -0.25) is 4.79 Å². The van der Waals surface area contributed by atoms with Crippen molar-refractivity contribution in [2.24, 2.45) is 0 Å². The van der Waals surface area contributed by atoms with E-state index >= 15 is 0 Å². The fraction of sp³-hybridized carbons (Fsp3) is 0.125. The van der Waals surface area contributed by atoms with Crippen LogP contribution in [0.2, 0.25) is 0 Å². The number of hydrogen-bond acceptors (Lipinski definition) is 3. The lowest BCUT2D eigenvalue weighted by Gasteiger charge is -2.09. The zero-order chi connectivity index (χ0) is 17.2. The van der Waals surface area contributed by atoms with Crippen molar-refractivity contribution in [2.75, 3.05) is 11.9 Å². The number of rotatable bonds is 4. The molecule has 0 aliphatic rings. The van der Waals surface area contributed by atoms with Crippen LogP contribution in [0.3, 0.4) is 0 Å². The first-order chi connectivity index (χ1) is 11.4. The van der Waals surface area contributed by atoms with Gasteiger partial charge in [0.15, 0.2) is 6.61 Å². The van der Waals surface area contributed by atoms with E-state index in [1.165, 1.54) is 12.1 Å². The average molecular weight is 335 g/mol. The number of nitrogens with zero attached hydrogens (tertiary/aromatic N) is 1. The highest BCUT2D eigenvalue weighted by atomic mass is 19.4. The van der Waals surface area contributed by atoms with Gasteiger partial charge in [0, 0.05) is 29.4 Å². The molecule has 1 amide bonds. The number of amides is 1. The minimum Gasteiger partial charge on any atom is -0.468 e. The quantitative estimate of drug-likeness (QED) is 0.763. The van der Waals surface area contributed by atoms with Crippen LogP contribution in [0.5, 0.6) is 5.88 Å². The van der Waals surface area contributed by atoms with E-state index in [4.69, 9.17) is 0 Å². The Labute approximate surface area is 134 Å². The van der Waals surface area contributed by atoms with Crippen molar-refractivity contribution >= 4 is 22.5 Å². The summed E-state index contributed by atoms with van der Waals surface area (Å²) in [6.45, 7) is -1.43. The molecule has 2 aromatic heterocycles. The zero-order valence-corrected chi connectivity index (χ0v) is 12.2. The lowest BCUT2D eigenvalue weighted by atomic mass is 10.2. The molecule has 3 rings (SSSR count). The number of nitrogens with one attached hydrogen (secondary N) is 2. The number of benzene rings is 1. The molecule has 8 heteroatoms. The number of alkyl halides is 3. The summed E-state index contributed by atoms with van der Waals surface area (Å²) in [6.07, 6.45) is -1.51. The molecule has 0 fully saturated rings. The van der Waals surface area contributed by atoms with Gasteiger partial charge in [-0.2, -0.15) is 13.2 Å². The fourth-order valence-corrected chi connectivity index (χ4v) is 2.14. The Morgan fingerprint density at radius 3 is 2.75 bits per heavy atom. The molecule has 0 unspecified atom stereocenters. The SMILES string of the molecule is O=C(Nc1cccc2[nH]ccc12)c1ccc(OCC(F)(F)F)nc1. The molecule has 0 aliphatic carbocycles. The second kappa shape index (κ2) is 6.23. The standard InChI is InChI=1S/C16H12F3N3O2/c17-16(18,19)9-24-14-5-4-10(8-21-14)15(23)22-13-3-1-2-12-11(13)6-7-20-12/h1-8,20H,9H2,(H,22,23). The smallest absolute Gasteiger partial charge is 0.422 e. The number of H-pyrrole nitrogens is 1. The van der Waals surface area contributed by atoms with Crippen molar-refractivity contribution in [3.8, 4) is 5.88 Å². The first kappa shape index (κ1) is 15.9. The highest BCUT2D eigenvalue weighted by Crippen LogP contribution is 2.23. The summed E-state index contributed by atoms with van der Waals surface area (Å²) in [5.41, 5.74) is 1.71. The molecule has 0 aliphatic heterocycles. The summed E-state index contributed by atoms with van der Waals surface area (Å²) in [5, 5.41) is 3.59. The topological polar surface area (TPSA) is 67.0 Å². The lowest BCUT2D eigenvalue weighted by molar-refractivity contribution is -0.154. The molecule has 2 heterocycles. The lowest BCUT2D eigenvalue weighted by Crippen LogP contribution is -2.19. The Kier molecular flexibility index (Phi) is 4.11. The number of carbonyl (C=O) groups is 1. The third-order valence-electron chi connectivity index (χ3n) is 3.23. The van der Waals surface area contributed by atoms with Crippen molar-refractivity contribution in [3.05, 3.63) is 54.4 Å². The van der Waals surface area contributed by atoms with Crippen LogP contribution in [0.25, 0.3) is 10.9 Å². The Morgan fingerprint density at radius 2 is 2.04 bits per heavy atom. The Hall–Kier alpha value is -3.03. The molecule has 5 nitrogen and oxygen atoms in total. The number of fused-ring (bicyclic) bond motifs is 1. The number of aromatic amines is 1. The van der Waals surface area contributed by atoms with E-state index in [9.17, 15) is 18.0 Å². The summed E-state index contributed by atoms with van der Waals surface area (Å²) < 4.78 is 40.7. The number of aromatic nitrogens is 2. The zero-order valence-electron chi connectivity index (χ0n) is 12.2. The minimum absolute atomic E-state index is 0.198. The van der Waals surface area contributed by atoms with E-state index in [1.54, 1.807) is 18.3 Å². The monoisotopic (exact) mass is 335 g/mol. The number of halogens is 3. The van der Waals surface area contributed by atoms with E-state index in [1.807, 2.05) is 12.1 Å². The van der Waals surface area contributed by atoms with Gasteiger partial charge in [-0.1, -0.05) is 6.07 Å². The van der Waals surface area contributed by atoms with E-state index in [2.05, 4.69) is 20.0 Å². The van der Waals surface area contributed by atoms with Gasteiger partial charge >= 0.3 is 6.18 Å². The predicted molar refractivity (Wildman–Crippen MR) is 82.0 cm³/mol. The van der Waals surface area contributed by atoms with Crippen LogP contribution in [-0.4, -0.2) is 28.7 Å². The number of ether oxygens (including phenoxy) is 1. The van der Waals surface area contributed by atoms with Crippen LogP contribution in [0.1, 0.15) is 10.4 Å². The van der Waals surface area contributed by atoms with E-state index in [0.29, 0.717) is 5.69 Å². The Bertz CT molecular complexity index is 857. The average Bonchev–Trinajstić information content (AvgIpc) is 3.02. The van der Waals surface area contributed by atoms with Gasteiger partial charge in [0.1, 0.15) is 0 Å². The molecular weight excluding hydrogens is 323 g/mol. The van der Waals surface area contributed by atoms with Gasteiger partial charge in [-0.05, 0) is 24.3 Å². The normalized spacial score (nSPS) is 11.5. The van der Waals surface area contributed by atoms with E-state index in [-0.39, 0.29) is 11.4 Å². The van der Waals surface area contributed by atoms with Crippen LogP contribution in [0, 0.1) is 0 Å². The van der Waals surface area contributed by atoms with Crippen molar-refractivity contribution in [1.29, 1.82) is 0 Å². The number of pyridine rings is 1. The van der Waals surface area contributed by atoms with Crippen LogP contribution in [0.4, 0.5) is 18.9 Å². The first-order valence-corrected chi connectivity index (χ1v) is 6.95. The highest BCUT2D eigenvalue weighted by molar-refractivity contribution is 6.08. The molecule has 0 radical (unpaired) electrons. The summed E-state index contributed by atoms with van der Waals surface area (Å²) in [6, 6.07) is 9.82. The van der Waals surface area contributed by atoms with Crippen LogP contribution >= 0.6 is 0 Å². The van der Waals surface area contributed by atoms with Gasteiger partial charge in [0.2, 0.25) is 5.88 Å². The van der Waals surface area contributed by atoms with Crippen molar-refractivity contribution in [1.82, 2.24) is 9.97 Å². The maximum Gasteiger partial charge on any atom is 0.422 e. The third kappa shape index (κ3) is 3.65. The van der Waals surface area contributed by atoms with Gasteiger partial charge < -0.3 is 15.0 Å². The van der Waals surface area contributed by atoms with E-state index in [0.717, 1.165) is 17.1 Å². The molecule has 24 heavy (non-hydrogen) atoms. The number of carbonyl (C=O) groups excluding carboxylic acids is 1. The predicted octanol–water partition coefficient (Wildman–Crippen LogP) is 3.76. The molecule has 0 bridgehead atoms. The summed E-state index contributed by atoms with van der Waals surface area (Å²) in [4.78, 5) is 19.0.